The Hall–Kier alpha value is 0.663. The molecule has 5 heteroatoms. The van der Waals surface area contributed by atoms with Crippen LogP contribution in [0.4, 0.5) is 0 Å². The third-order valence-electron chi connectivity index (χ3n) is 4.81. The first kappa shape index (κ1) is 32.8. The van der Waals surface area contributed by atoms with Crippen molar-refractivity contribution < 1.29 is 22.1 Å². The van der Waals surface area contributed by atoms with E-state index in [1.807, 2.05) is 17.3 Å². The average molecular weight is 559 g/mol. The fraction of sp³-hybridized carbons (Fsp3) is 0.720. The van der Waals surface area contributed by atoms with Gasteiger partial charge in [-0.3, -0.25) is 6.79 Å². The molecule has 0 unspecified atom stereocenters. The normalized spacial score (nSPS) is 12.8. The molecule has 0 aliphatic rings. The molecule has 30 heavy (non-hydrogen) atoms. The van der Waals surface area contributed by atoms with E-state index in [1.54, 1.807) is 0 Å². The van der Waals surface area contributed by atoms with Crippen molar-refractivity contribution in [3.63, 3.8) is 0 Å². The first-order chi connectivity index (χ1) is 13.4. The van der Waals surface area contributed by atoms with Crippen molar-refractivity contribution in [2.75, 3.05) is 0 Å². The Morgan fingerprint density at radius 1 is 0.700 bits per heavy atom. The van der Waals surface area contributed by atoms with Gasteiger partial charge in [0.25, 0.3) is 0 Å². The Morgan fingerprint density at radius 2 is 0.933 bits per heavy atom. The van der Waals surface area contributed by atoms with E-state index in [2.05, 4.69) is 124 Å². The zero-order valence-electron chi connectivity index (χ0n) is 21.3. The Bertz CT molecular complexity index is 530. The van der Waals surface area contributed by atoms with Gasteiger partial charge in [-0.1, -0.05) is 98.9 Å². The van der Waals surface area contributed by atoms with E-state index >= 15 is 0 Å². The van der Waals surface area contributed by atoms with Crippen molar-refractivity contribution in [2.24, 2.45) is 0 Å². The molecule has 0 aliphatic carbocycles. The topological polar surface area (TPSA) is 17.1 Å². The molecule has 175 valence electrons. The van der Waals surface area contributed by atoms with E-state index in [4.69, 9.17) is 4.79 Å². The van der Waals surface area contributed by atoms with E-state index in [0.717, 1.165) is 0 Å². The van der Waals surface area contributed by atoms with E-state index < -0.39 is 0 Å². The number of carbonyl (C=O) groups excluding carboxylic acids is 1. The van der Waals surface area contributed by atoms with Crippen molar-refractivity contribution in [1.29, 1.82) is 0 Å². The van der Waals surface area contributed by atoms with Crippen molar-refractivity contribution in [2.45, 2.75) is 116 Å². The van der Waals surface area contributed by atoms with Gasteiger partial charge in [0.1, 0.15) is 0 Å². The molecule has 1 aromatic rings. The second kappa shape index (κ2) is 13.4. The van der Waals surface area contributed by atoms with Crippen LogP contribution < -0.4 is 0 Å². The van der Waals surface area contributed by atoms with Crippen molar-refractivity contribution >= 4 is 32.3 Å². The predicted molar refractivity (Wildman–Crippen MR) is 138 cm³/mol. The molecule has 0 aliphatic heterocycles. The van der Waals surface area contributed by atoms with E-state index in [1.165, 1.54) is 23.5 Å². The predicted octanol–water partition coefficient (Wildman–Crippen LogP) is 9.06. The van der Waals surface area contributed by atoms with Gasteiger partial charge in [-0.05, 0) is 32.9 Å². The number of benzene rings is 1. The SMILES string of the molecule is CC(C)(C)P(Cc1[c-]c(CP(C(C)(C)C)C(C)(C)C)ccc1)C(C)(C)C.[CH-]=O.[Cl][Ru+2]. The van der Waals surface area contributed by atoms with Crippen LogP contribution in [0.5, 0.6) is 0 Å². The summed E-state index contributed by atoms with van der Waals surface area (Å²) < 4.78 is 0. The van der Waals surface area contributed by atoms with Crippen molar-refractivity contribution in [1.82, 2.24) is 0 Å². The van der Waals surface area contributed by atoms with Gasteiger partial charge in [-0.2, -0.15) is 35.4 Å². The fourth-order valence-corrected chi connectivity index (χ4v) is 11.0. The first-order valence-corrected chi connectivity index (χ1v) is 15.6. The van der Waals surface area contributed by atoms with Gasteiger partial charge in [0, 0.05) is 0 Å². The Labute approximate surface area is 205 Å². The van der Waals surface area contributed by atoms with Crippen molar-refractivity contribution in [3.05, 3.63) is 35.4 Å². The number of hydrogen-bond acceptors (Lipinski definition) is 1. The van der Waals surface area contributed by atoms with Crippen LogP contribution in [-0.4, -0.2) is 27.4 Å². The molecule has 0 fully saturated rings. The maximum absolute atomic E-state index is 7.75. The summed E-state index contributed by atoms with van der Waals surface area (Å²) in [5.41, 5.74) is 2.83. The summed E-state index contributed by atoms with van der Waals surface area (Å²) in [5, 5.41) is 1.45. The Kier molecular flexibility index (Phi) is 14.7. The summed E-state index contributed by atoms with van der Waals surface area (Å²) in [6, 6.07) is 10.7. The molecule has 0 spiro atoms. The quantitative estimate of drug-likeness (QED) is 0.156. The summed E-state index contributed by atoms with van der Waals surface area (Å²) in [7, 11) is 4.32. The zero-order valence-corrected chi connectivity index (χ0v) is 25.5. The Morgan fingerprint density at radius 3 is 1.13 bits per heavy atom. The van der Waals surface area contributed by atoms with E-state index in [0.29, 0.717) is 20.6 Å². The molecule has 1 nitrogen and oxygen atoms in total. The molecule has 0 saturated heterocycles. The van der Waals surface area contributed by atoms with E-state index in [-0.39, 0.29) is 15.8 Å². The van der Waals surface area contributed by atoms with Gasteiger partial charge in [0.2, 0.25) is 0 Å². The fourth-order valence-electron chi connectivity index (χ4n) is 4.06. The van der Waals surface area contributed by atoms with Crippen LogP contribution in [-0.2, 0) is 34.4 Å². The summed E-state index contributed by atoms with van der Waals surface area (Å²) in [5.74, 6) is 0. The van der Waals surface area contributed by atoms with E-state index in [9.17, 15) is 0 Å². The molecule has 1 aromatic carbocycles. The molecule has 0 aromatic heterocycles. The van der Waals surface area contributed by atoms with Gasteiger partial charge in [0.05, 0.1) is 0 Å². The molecule has 0 saturated carbocycles. The van der Waals surface area contributed by atoms with Crippen LogP contribution in [0.2, 0.25) is 0 Å². The molecular weight excluding hydrogens is 515 g/mol. The van der Waals surface area contributed by atoms with Crippen LogP contribution in [0, 0.1) is 6.07 Å². The van der Waals surface area contributed by atoms with Gasteiger partial charge in [-0.25, -0.2) is 0 Å². The van der Waals surface area contributed by atoms with Crippen LogP contribution in [0.15, 0.2) is 18.2 Å². The number of rotatable bonds is 4. The second-order valence-electron chi connectivity index (χ2n) is 11.6. The molecular formula is C25H44ClOP2Ru. The monoisotopic (exact) mass is 559 g/mol. The van der Waals surface area contributed by atoms with Crippen LogP contribution in [0.3, 0.4) is 0 Å². The second-order valence-corrected chi connectivity index (χ2v) is 19.3. The van der Waals surface area contributed by atoms with Crippen LogP contribution in [0.25, 0.3) is 0 Å². The van der Waals surface area contributed by atoms with Gasteiger partial charge < -0.3 is 4.79 Å². The van der Waals surface area contributed by atoms with Gasteiger partial charge >= 0.3 is 27.0 Å². The molecule has 1 rings (SSSR count). The van der Waals surface area contributed by atoms with Crippen molar-refractivity contribution in [3.8, 4) is 0 Å². The molecule has 0 amide bonds. The number of halogens is 1. The standard InChI is InChI=1S/C24H43P2.CHO.ClH.Ru/c1-21(2,3)25(22(4,5)6)17-19-14-13-15-20(16-19)18-26(23(7,8)9)24(10,11)12;1-2;;/h13-15H,17-18H2,1-12H3;1H;1H;/q2*-1;;+3/p-1. The first-order valence-electron chi connectivity index (χ1n) is 10.3. The van der Waals surface area contributed by atoms with Gasteiger partial charge in [0.15, 0.2) is 0 Å². The maximum atomic E-state index is 7.75. The minimum atomic E-state index is -0.123. The molecule has 0 radical (unpaired) electrons. The third kappa shape index (κ3) is 12.1. The number of hydrogen-bond donors (Lipinski definition) is 0. The summed E-state index contributed by atoms with van der Waals surface area (Å²) >= 11 is 1.82. The molecule has 0 N–H and O–H groups in total. The summed E-state index contributed by atoms with van der Waals surface area (Å²) in [6.45, 7) is 32.2. The average Bonchev–Trinajstić information content (AvgIpc) is 2.58. The third-order valence-corrected chi connectivity index (χ3v) is 12.6. The summed E-state index contributed by atoms with van der Waals surface area (Å²) in [6.07, 6.45) is 2.36. The minimum absolute atomic E-state index is 0.123. The Balaban J connectivity index is 0. The molecule has 0 bridgehead atoms. The van der Waals surface area contributed by atoms with Crippen LogP contribution in [0.1, 0.15) is 94.2 Å². The van der Waals surface area contributed by atoms with Crippen LogP contribution >= 0.6 is 25.5 Å². The zero-order chi connectivity index (χ0) is 24.6. The molecule has 0 atom stereocenters. The summed E-state index contributed by atoms with van der Waals surface area (Å²) in [4.78, 5) is 7.75. The van der Waals surface area contributed by atoms with Gasteiger partial charge in [-0.15, -0.1) is 0 Å². The molecule has 0 heterocycles.